The van der Waals surface area contributed by atoms with Crippen molar-refractivity contribution in [3.8, 4) is 0 Å². The van der Waals surface area contributed by atoms with E-state index < -0.39 is 21.5 Å². The van der Waals surface area contributed by atoms with Crippen molar-refractivity contribution in [3.63, 3.8) is 0 Å². The number of thiazole rings is 1. The summed E-state index contributed by atoms with van der Waals surface area (Å²) >= 11 is 1.61. The van der Waals surface area contributed by atoms with Crippen LogP contribution in [0.4, 0.5) is 10.5 Å². The number of hydrogen-bond acceptors (Lipinski definition) is 6. The lowest BCUT2D eigenvalue weighted by atomic mass is 10.0. The molecule has 2 aromatic carbocycles. The van der Waals surface area contributed by atoms with Crippen LogP contribution in [0.25, 0.3) is 0 Å². The van der Waals surface area contributed by atoms with Crippen molar-refractivity contribution in [1.29, 1.82) is 0 Å². The van der Waals surface area contributed by atoms with Crippen molar-refractivity contribution in [2.24, 2.45) is 0 Å². The summed E-state index contributed by atoms with van der Waals surface area (Å²) in [5.41, 5.74) is 5.26. The zero-order valence-electron chi connectivity index (χ0n) is 18.7. The SMILES string of the molecule is CC(C)(C)OC(=O)Nc1ccc(CCc2ncsc2Cc2ccc(S(C)(=O)=O)cc2)cc1. The molecule has 0 bridgehead atoms. The van der Waals surface area contributed by atoms with Gasteiger partial charge in [-0.2, -0.15) is 0 Å². The Kier molecular flexibility index (Phi) is 7.36. The summed E-state index contributed by atoms with van der Waals surface area (Å²) in [5, 5.41) is 2.74. The fourth-order valence-corrected chi connectivity index (χ4v) is 4.60. The van der Waals surface area contributed by atoms with E-state index in [1.165, 1.54) is 11.1 Å². The molecule has 0 fully saturated rings. The van der Waals surface area contributed by atoms with Crippen molar-refractivity contribution in [1.82, 2.24) is 4.98 Å². The molecule has 0 unspecified atom stereocenters. The highest BCUT2D eigenvalue weighted by molar-refractivity contribution is 7.90. The van der Waals surface area contributed by atoms with Gasteiger partial charge in [0.15, 0.2) is 9.84 Å². The maximum Gasteiger partial charge on any atom is 0.412 e. The van der Waals surface area contributed by atoms with Gasteiger partial charge in [-0.05, 0) is 69.0 Å². The van der Waals surface area contributed by atoms with Crippen LogP contribution >= 0.6 is 11.3 Å². The smallest absolute Gasteiger partial charge is 0.412 e. The predicted molar refractivity (Wildman–Crippen MR) is 128 cm³/mol. The molecule has 8 heteroatoms. The Hall–Kier alpha value is -2.71. The van der Waals surface area contributed by atoms with Crippen LogP contribution in [0.2, 0.25) is 0 Å². The van der Waals surface area contributed by atoms with E-state index >= 15 is 0 Å². The van der Waals surface area contributed by atoms with Gasteiger partial charge in [0.1, 0.15) is 5.60 Å². The van der Waals surface area contributed by atoms with Crippen LogP contribution in [0.3, 0.4) is 0 Å². The van der Waals surface area contributed by atoms with E-state index in [1.807, 2.05) is 62.7 Å². The molecule has 170 valence electrons. The van der Waals surface area contributed by atoms with E-state index in [0.29, 0.717) is 10.6 Å². The van der Waals surface area contributed by atoms with Gasteiger partial charge in [-0.15, -0.1) is 11.3 Å². The molecule has 1 amide bonds. The molecule has 1 heterocycles. The van der Waals surface area contributed by atoms with E-state index in [9.17, 15) is 13.2 Å². The lowest BCUT2D eigenvalue weighted by Gasteiger charge is -2.19. The van der Waals surface area contributed by atoms with Gasteiger partial charge in [0.2, 0.25) is 0 Å². The zero-order chi connectivity index (χ0) is 23.4. The Morgan fingerprint density at radius 2 is 1.62 bits per heavy atom. The van der Waals surface area contributed by atoms with Crippen LogP contribution in [0.1, 0.15) is 42.5 Å². The van der Waals surface area contributed by atoms with Crippen LogP contribution in [-0.4, -0.2) is 31.4 Å². The third-order valence-electron chi connectivity index (χ3n) is 4.69. The van der Waals surface area contributed by atoms with Crippen LogP contribution in [0.5, 0.6) is 0 Å². The monoisotopic (exact) mass is 472 g/mol. The number of ether oxygens (including phenoxy) is 1. The standard InChI is InChI=1S/C24H28N2O4S2/c1-24(2,3)30-23(27)26-19-10-5-17(6-11-19)9-14-21-22(31-16-25-21)15-18-7-12-20(13-8-18)32(4,28)29/h5-8,10-13,16H,9,14-15H2,1-4H3,(H,26,27). The molecule has 0 aliphatic carbocycles. The van der Waals surface area contributed by atoms with E-state index in [0.717, 1.165) is 36.1 Å². The van der Waals surface area contributed by atoms with Gasteiger partial charge in [-0.25, -0.2) is 18.2 Å². The molecule has 6 nitrogen and oxygen atoms in total. The van der Waals surface area contributed by atoms with Crippen LogP contribution in [0.15, 0.2) is 58.9 Å². The number of nitrogens with zero attached hydrogens (tertiary/aromatic N) is 1. The first-order valence-electron chi connectivity index (χ1n) is 10.3. The number of sulfone groups is 1. The Morgan fingerprint density at radius 3 is 2.22 bits per heavy atom. The molecule has 0 aliphatic heterocycles. The molecule has 0 atom stereocenters. The van der Waals surface area contributed by atoms with Gasteiger partial charge in [0.05, 0.1) is 16.1 Å². The fourth-order valence-electron chi connectivity index (χ4n) is 3.12. The molecule has 3 rings (SSSR count). The molecule has 32 heavy (non-hydrogen) atoms. The van der Waals surface area contributed by atoms with Crippen LogP contribution in [0, 0.1) is 0 Å². The van der Waals surface area contributed by atoms with E-state index in [-0.39, 0.29) is 0 Å². The average molecular weight is 473 g/mol. The number of anilines is 1. The summed E-state index contributed by atoms with van der Waals surface area (Å²) < 4.78 is 28.5. The van der Waals surface area contributed by atoms with E-state index in [1.54, 1.807) is 23.5 Å². The topological polar surface area (TPSA) is 85.4 Å². The maximum absolute atomic E-state index is 11.9. The molecule has 0 saturated carbocycles. The van der Waals surface area contributed by atoms with Gasteiger partial charge in [-0.1, -0.05) is 24.3 Å². The first-order valence-corrected chi connectivity index (χ1v) is 13.1. The largest absolute Gasteiger partial charge is 0.444 e. The van der Waals surface area contributed by atoms with Crippen molar-refractivity contribution >= 4 is 33.0 Å². The maximum atomic E-state index is 11.9. The Bertz CT molecular complexity index is 1160. The summed E-state index contributed by atoms with van der Waals surface area (Å²) in [6, 6.07) is 14.7. The number of hydrogen-bond donors (Lipinski definition) is 1. The number of aromatic nitrogens is 1. The zero-order valence-corrected chi connectivity index (χ0v) is 20.3. The third-order valence-corrected chi connectivity index (χ3v) is 6.70. The molecule has 0 aliphatic rings. The number of amides is 1. The number of carbonyl (C=O) groups is 1. The Labute approximate surface area is 193 Å². The molecule has 3 aromatic rings. The fraction of sp³-hybridized carbons (Fsp3) is 0.333. The predicted octanol–water partition coefficient (Wildman–Crippen LogP) is 5.27. The third kappa shape index (κ3) is 7.17. The molecule has 0 spiro atoms. The summed E-state index contributed by atoms with van der Waals surface area (Å²) in [4.78, 5) is 17.9. The first kappa shape index (κ1) is 23.9. The molecule has 0 saturated heterocycles. The Balaban J connectivity index is 1.57. The normalized spacial score (nSPS) is 11.9. The van der Waals surface area contributed by atoms with Gasteiger partial charge >= 0.3 is 6.09 Å². The van der Waals surface area contributed by atoms with Gasteiger partial charge in [0.25, 0.3) is 0 Å². The molecule has 1 N–H and O–H groups in total. The second-order valence-electron chi connectivity index (χ2n) is 8.64. The minimum Gasteiger partial charge on any atom is -0.444 e. The minimum absolute atomic E-state index is 0.329. The van der Waals surface area contributed by atoms with Gasteiger partial charge in [-0.3, -0.25) is 5.32 Å². The summed E-state index contributed by atoms with van der Waals surface area (Å²) in [6.45, 7) is 5.48. The second kappa shape index (κ2) is 9.83. The average Bonchev–Trinajstić information content (AvgIpc) is 3.12. The number of rotatable bonds is 7. The number of aryl methyl sites for hydroxylation is 2. The number of carbonyl (C=O) groups excluding carboxylic acids is 1. The van der Waals surface area contributed by atoms with Crippen molar-refractivity contribution in [3.05, 3.63) is 75.7 Å². The van der Waals surface area contributed by atoms with Crippen molar-refractivity contribution in [2.75, 3.05) is 11.6 Å². The van der Waals surface area contributed by atoms with Crippen LogP contribution < -0.4 is 5.32 Å². The second-order valence-corrected chi connectivity index (χ2v) is 11.6. The lowest BCUT2D eigenvalue weighted by Crippen LogP contribution is -2.27. The molecular weight excluding hydrogens is 444 g/mol. The van der Waals surface area contributed by atoms with E-state index in [2.05, 4.69) is 10.3 Å². The quantitative estimate of drug-likeness (QED) is 0.506. The van der Waals surface area contributed by atoms with Gasteiger partial charge in [0, 0.05) is 23.2 Å². The highest BCUT2D eigenvalue weighted by Gasteiger charge is 2.16. The molecule has 1 aromatic heterocycles. The highest BCUT2D eigenvalue weighted by atomic mass is 32.2. The number of nitrogens with one attached hydrogen (secondary N) is 1. The summed E-state index contributed by atoms with van der Waals surface area (Å²) in [7, 11) is -3.19. The van der Waals surface area contributed by atoms with E-state index in [4.69, 9.17) is 4.74 Å². The lowest BCUT2D eigenvalue weighted by molar-refractivity contribution is 0.0636. The molecular formula is C24H28N2O4S2. The Morgan fingerprint density at radius 1 is 1.00 bits per heavy atom. The number of benzene rings is 2. The van der Waals surface area contributed by atoms with Crippen LogP contribution in [-0.2, 0) is 33.8 Å². The highest BCUT2D eigenvalue weighted by Crippen LogP contribution is 2.22. The van der Waals surface area contributed by atoms with Crippen molar-refractivity contribution in [2.45, 2.75) is 50.5 Å². The van der Waals surface area contributed by atoms with Crippen molar-refractivity contribution < 1.29 is 17.9 Å². The minimum atomic E-state index is -3.19. The first-order chi connectivity index (χ1) is 15.0. The summed E-state index contributed by atoms with van der Waals surface area (Å²) in [6.07, 6.45) is 3.10. The molecule has 0 radical (unpaired) electrons. The van der Waals surface area contributed by atoms with Gasteiger partial charge < -0.3 is 4.74 Å². The summed E-state index contributed by atoms with van der Waals surface area (Å²) in [5.74, 6) is 0.